The van der Waals surface area contributed by atoms with E-state index in [1.165, 1.54) is 12.1 Å². The van der Waals surface area contributed by atoms with Crippen LogP contribution >= 0.6 is 0 Å². The van der Waals surface area contributed by atoms with Crippen molar-refractivity contribution in [2.75, 3.05) is 6.61 Å². The zero-order chi connectivity index (χ0) is 23.0. The van der Waals surface area contributed by atoms with Gasteiger partial charge >= 0.3 is 12.1 Å². The average molecular weight is 442 g/mol. The molecule has 4 nitrogen and oxygen atoms in total. The van der Waals surface area contributed by atoms with Crippen molar-refractivity contribution in [1.29, 1.82) is 0 Å². The fraction of sp³-hybridized carbons (Fsp3) is 0.160. The van der Waals surface area contributed by atoms with Gasteiger partial charge in [-0.05, 0) is 60.0 Å². The molecule has 0 heterocycles. The summed E-state index contributed by atoms with van der Waals surface area (Å²) in [6.07, 6.45) is -0.489. The van der Waals surface area contributed by atoms with Gasteiger partial charge in [0.05, 0.1) is 5.56 Å². The molecule has 0 saturated carbocycles. The number of halogens is 3. The molecule has 0 radical (unpaired) electrons. The van der Waals surface area contributed by atoms with E-state index in [4.69, 9.17) is 14.6 Å². The number of hydrogen-bond acceptors (Lipinski definition) is 3. The first-order valence-corrected chi connectivity index (χ1v) is 9.85. The molecular formula is C25H21F3O4. The van der Waals surface area contributed by atoms with E-state index in [-0.39, 0.29) is 13.0 Å². The van der Waals surface area contributed by atoms with Gasteiger partial charge in [0.15, 0.2) is 0 Å². The summed E-state index contributed by atoms with van der Waals surface area (Å²) in [7, 11) is 0. The first-order chi connectivity index (χ1) is 15.3. The van der Waals surface area contributed by atoms with Gasteiger partial charge in [-0.25, -0.2) is 0 Å². The SMILES string of the molecule is O=C(O)CCc1cccc(Oc2cccc(OCC=Cc3ccc(C(F)(F)F)cc3)c2)c1. The van der Waals surface area contributed by atoms with Crippen LogP contribution in [0.3, 0.4) is 0 Å². The van der Waals surface area contributed by atoms with E-state index < -0.39 is 17.7 Å². The number of rotatable bonds is 9. The van der Waals surface area contributed by atoms with Crippen LogP contribution in [0.5, 0.6) is 17.2 Å². The molecule has 3 rings (SSSR count). The Kier molecular flexibility index (Phi) is 7.54. The van der Waals surface area contributed by atoms with Gasteiger partial charge in [0, 0.05) is 12.5 Å². The second-order valence-corrected chi connectivity index (χ2v) is 6.95. The minimum atomic E-state index is -4.35. The largest absolute Gasteiger partial charge is 0.489 e. The van der Waals surface area contributed by atoms with Crippen LogP contribution in [0.4, 0.5) is 13.2 Å². The molecule has 0 aliphatic heterocycles. The van der Waals surface area contributed by atoms with Gasteiger partial charge in [-0.1, -0.05) is 36.4 Å². The number of alkyl halides is 3. The molecule has 7 heteroatoms. The summed E-state index contributed by atoms with van der Waals surface area (Å²) in [6, 6.07) is 19.1. The van der Waals surface area contributed by atoms with E-state index in [1.54, 1.807) is 54.6 Å². The lowest BCUT2D eigenvalue weighted by molar-refractivity contribution is -0.138. The Balaban J connectivity index is 1.54. The standard InChI is InChI=1S/C25H21F3O4/c26-25(27,28)20-12-9-18(10-13-20)5-3-15-31-21-6-2-8-23(17-21)32-22-7-1-4-19(16-22)11-14-24(29)30/h1-10,12-13,16-17H,11,14-15H2,(H,29,30). The van der Waals surface area contributed by atoms with Crippen LogP contribution < -0.4 is 9.47 Å². The molecule has 3 aromatic carbocycles. The average Bonchev–Trinajstić information content (AvgIpc) is 2.76. The Morgan fingerprint density at radius 2 is 1.56 bits per heavy atom. The van der Waals surface area contributed by atoms with Crippen molar-refractivity contribution in [3.8, 4) is 17.2 Å². The predicted molar refractivity (Wildman–Crippen MR) is 115 cm³/mol. The van der Waals surface area contributed by atoms with Crippen molar-refractivity contribution in [2.45, 2.75) is 19.0 Å². The Labute approximate surface area is 183 Å². The van der Waals surface area contributed by atoms with Crippen molar-refractivity contribution in [2.24, 2.45) is 0 Å². The van der Waals surface area contributed by atoms with Crippen LogP contribution in [0.1, 0.15) is 23.1 Å². The minimum Gasteiger partial charge on any atom is -0.489 e. The monoisotopic (exact) mass is 442 g/mol. The molecule has 0 fully saturated rings. The van der Waals surface area contributed by atoms with Crippen LogP contribution in [0.15, 0.2) is 78.9 Å². The lowest BCUT2D eigenvalue weighted by Gasteiger charge is -2.09. The number of aliphatic carboxylic acids is 1. The van der Waals surface area contributed by atoms with Crippen LogP contribution in [-0.2, 0) is 17.4 Å². The van der Waals surface area contributed by atoms with Crippen molar-refractivity contribution < 1.29 is 32.5 Å². The van der Waals surface area contributed by atoms with Gasteiger partial charge in [0.1, 0.15) is 23.9 Å². The normalized spacial score (nSPS) is 11.5. The highest BCUT2D eigenvalue weighted by molar-refractivity contribution is 5.67. The molecule has 0 bridgehead atoms. The molecule has 0 aliphatic carbocycles. The van der Waals surface area contributed by atoms with Crippen molar-refractivity contribution in [3.63, 3.8) is 0 Å². The lowest BCUT2D eigenvalue weighted by atomic mass is 10.1. The highest BCUT2D eigenvalue weighted by Crippen LogP contribution is 2.29. The fourth-order valence-electron chi connectivity index (χ4n) is 2.89. The number of benzene rings is 3. The Morgan fingerprint density at radius 3 is 2.25 bits per heavy atom. The first kappa shape index (κ1) is 22.9. The van der Waals surface area contributed by atoms with E-state index in [1.807, 2.05) is 6.07 Å². The smallest absolute Gasteiger partial charge is 0.416 e. The van der Waals surface area contributed by atoms with Crippen LogP contribution in [0.25, 0.3) is 6.08 Å². The zero-order valence-corrected chi connectivity index (χ0v) is 17.0. The van der Waals surface area contributed by atoms with E-state index >= 15 is 0 Å². The summed E-state index contributed by atoms with van der Waals surface area (Å²) in [4.78, 5) is 10.7. The number of ether oxygens (including phenoxy) is 2. The van der Waals surface area contributed by atoms with Crippen LogP contribution in [-0.4, -0.2) is 17.7 Å². The van der Waals surface area contributed by atoms with Crippen molar-refractivity contribution in [1.82, 2.24) is 0 Å². The molecule has 32 heavy (non-hydrogen) atoms. The summed E-state index contributed by atoms with van der Waals surface area (Å²) in [6.45, 7) is 0.231. The molecular weight excluding hydrogens is 421 g/mol. The van der Waals surface area contributed by atoms with Crippen molar-refractivity contribution in [3.05, 3.63) is 95.6 Å². The molecule has 0 amide bonds. The fourth-order valence-corrected chi connectivity index (χ4v) is 2.89. The molecule has 0 atom stereocenters. The van der Waals surface area contributed by atoms with Gasteiger partial charge in [0.25, 0.3) is 0 Å². The Bertz CT molecular complexity index is 1070. The molecule has 0 saturated heterocycles. The van der Waals surface area contributed by atoms with Gasteiger partial charge in [0.2, 0.25) is 0 Å². The highest BCUT2D eigenvalue weighted by Gasteiger charge is 2.29. The minimum absolute atomic E-state index is 0.0484. The molecule has 166 valence electrons. The summed E-state index contributed by atoms with van der Waals surface area (Å²) in [5.74, 6) is 0.868. The maximum Gasteiger partial charge on any atom is 0.416 e. The maximum atomic E-state index is 12.6. The quantitative estimate of drug-likeness (QED) is 0.405. The van der Waals surface area contributed by atoms with E-state index in [9.17, 15) is 18.0 Å². The number of carboxylic acid groups (broad SMARTS) is 1. The first-order valence-electron chi connectivity index (χ1n) is 9.85. The lowest BCUT2D eigenvalue weighted by Crippen LogP contribution is -2.03. The van der Waals surface area contributed by atoms with Crippen LogP contribution in [0.2, 0.25) is 0 Å². The second kappa shape index (κ2) is 10.5. The third-order valence-electron chi connectivity index (χ3n) is 4.46. The second-order valence-electron chi connectivity index (χ2n) is 6.95. The van der Waals surface area contributed by atoms with Gasteiger partial charge in [-0.15, -0.1) is 0 Å². The Hall–Kier alpha value is -3.74. The number of aryl methyl sites for hydroxylation is 1. The summed E-state index contributed by atoms with van der Waals surface area (Å²) in [5.41, 5.74) is 0.822. The zero-order valence-electron chi connectivity index (χ0n) is 17.0. The summed E-state index contributed by atoms with van der Waals surface area (Å²) in [5, 5.41) is 8.81. The van der Waals surface area contributed by atoms with E-state index in [0.29, 0.717) is 29.2 Å². The summed E-state index contributed by atoms with van der Waals surface area (Å²) >= 11 is 0. The number of carbonyl (C=O) groups is 1. The summed E-state index contributed by atoms with van der Waals surface area (Å²) < 4.78 is 49.3. The molecule has 0 aliphatic rings. The molecule has 3 aromatic rings. The highest BCUT2D eigenvalue weighted by atomic mass is 19.4. The number of carboxylic acids is 1. The Morgan fingerprint density at radius 1 is 0.906 bits per heavy atom. The van der Waals surface area contributed by atoms with E-state index in [2.05, 4.69) is 0 Å². The van der Waals surface area contributed by atoms with Gasteiger partial charge < -0.3 is 14.6 Å². The third kappa shape index (κ3) is 7.19. The van der Waals surface area contributed by atoms with E-state index in [0.717, 1.165) is 17.7 Å². The molecule has 1 N–H and O–H groups in total. The number of hydrogen-bond donors (Lipinski definition) is 1. The predicted octanol–water partition coefficient (Wildman–Crippen LogP) is 6.61. The molecule has 0 spiro atoms. The van der Waals surface area contributed by atoms with Crippen molar-refractivity contribution >= 4 is 12.0 Å². The molecule has 0 aromatic heterocycles. The molecule has 0 unspecified atom stereocenters. The van der Waals surface area contributed by atoms with Gasteiger partial charge in [-0.2, -0.15) is 13.2 Å². The van der Waals surface area contributed by atoms with Gasteiger partial charge in [-0.3, -0.25) is 4.79 Å². The maximum absolute atomic E-state index is 12.6. The van der Waals surface area contributed by atoms with Crippen LogP contribution in [0, 0.1) is 0 Å². The third-order valence-corrected chi connectivity index (χ3v) is 4.46. The topological polar surface area (TPSA) is 55.8 Å².